The van der Waals surface area contributed by atoms with Crippen LogP contribution >= 0.6 is 0 Å². The number of nitrogens with two attached hydrogens (primary N) is 1. The minimum atomic E-state index is -3.39. The third-order valence-electron chi connectivity index (χ3n) is 4.58. The molecular weight excluding hydrogens is 272 g/mol. The molecule has 0 amide bonds. The topological polar surface area (TPSA) is 72.2 Å². The summed E-state index contributed by atoms with van der Waals surface area (Å²) in [6, 6.07) is 7.17. The minimum absolute atomic E-state index is 0.368. The second-order valence-electron chi connectivity index (χ2n) is 6.05. The van der Waals surface area contributed by atoms with Crippen molar-refractivity contribution in [2.45, 2.75) is 49.8 Å². The lowest BCUT2D eigenvalue weighted by atomic mass is 9.96. The molecule has 4 nitrogen and oxygen atoms in total. The number of hydrogen-bond acceptors (Lipinski definition) is 3. The van der Waals surface area contributed by atoms with E-state index in [1.807, 2.05) is 0 Å². The number of fused-ring (bicyclic) bond motifs is 1. The van der Waals surface area contributed by atoms with Crippen LogP contribution in [0.4, 0.5) is 0 Å². The molecule has 1 aliphatic carbocycles. The van der Waals surface area contributed by atoms with Gasteiger partial charge in [-0.2, -0.15) is 0 Å². The van der Waals surface area contributed by atoms with Crippen LogP contribution in [-0.4, -0.2) is 26.3 Å². The van der Waals surface area contributed by atoms with Gasteiger partial charge < -0.3 is 5.32 Å². The molecule has 2 unspecified atom stereocenters. The molecule has 110 valence electrons. The molecule has 0 saturated carbocycles. The Balaban J connectivity index is 1.60. The molecule has 1 saturated heterocycles. The highest BCUT2D eigenvalue weighted by atomic mass is 32.2. The molecule has 1 aliphatic heterocycles. The lowest BCUT2D eigenvalue weighted by molar-refractivity contribution is 0.396. The van der Waals surface area contributed by atoms with E-state index < -0.39 is 15.3 Å². The summed E-state index contributed by atoms with van der Waals surface area (Å²) in [5, 5.41) is 8.12. The highest BCUT2D eigenvalue weighted by Gasteiger charge is 2.28. The standard InChI is InChI=1S/C15H22N2O2S/c16-20(18,19)15-7-6-14(17-10-15)9-11-4-5-12-2-1-3-13(12)8-11/h4-5,8,14-15,17H,1-3,6-7,9-10H2,(H2,16,18,19). The smallest absolute Gasteiger partial charge is 0.213 e. The molecule has 3 N–H and O–H groups in total. The van der Waals surface area contributed by atoms with Crippen LogP contribution in [0.25, 0.3) is 0 Å². The summed E-state index contributed by atoms with van der Waals surface area (Å²) in [4.78, 5) is 0. The lowest BCUT2D eigenvalue weighted by Crippen LogP contribution is -2.47. The van der Waals surface area contributed by atoms with Gasteiger partial charge >= 0.3 is 0 Å². The SMILES string of the molecule is NS(=O)(=O)C1CCC(Cc2ccc3c(c2)CCC3)NC1. The molecule has 1 heterocycles. The number of hydrogen-bond donors (Lipinski definition) is 2. The number of benzene rings is 1. The maximum Gasteiger partial charge on any atom is 0.213 e. The van der Waals surface area contributed by atoms with Crippen molar-refractivity contribution in [2.24, 2.45) is 5.14 Å². The van der Waals surface area contributed by atoms with Gasteiger partial charge in [-0.3, -0.25) is 0 Å². The van der Waals surface area contributed by atoms with Crippen LogP contribution in [0.1, 0.15) is 36.0 Å². The molecule has 0 bridgehead atoms. The van der Waals surface area contributed by atoms with E-state index in [1.165, 1.54) is 36.0 Å². The number of primary sulfonamides is 1. The molecule has 5 heteroatoms. The Kier molecular flexibility index (Phi) is 3.84. The Bertz CT molecular complexity index is 590. The van der Waals surface area contributed by atoms with E-state index in [4.69, 9.17) is 5.14 Å². The Morgan fingerprint density at radius 1 is 1.20 bits per heavy atom. The largest absolute Gasteiger partial charge is 0.312 e. The first-order chi connectivity index (χ1) is 9.52. The zero-order chi connectivity index (χ0) is 14.2. The van der Waals surface area contributed by atoms with Crippen LogP contribution in [0.15, 0.2) is 18.2 Å². The van der Waals surface area contributed by atoms with Gasteiger partial charge in [-0.1, -0.05) is 18.2 Å². The van der Waals surface area contributed by atoms with Gasteiger partial charge in [0.1, 0.15) is 0 Å². The maximum atomic E-state index is 11.3. The maximum absolute atomic E-state index is 11.3. The van der Waals surface area contributed by atoms with Gasteiger partial charge in [-0.25, -0.2) is 13.6 Å². The summed E-state index contributed by atoms with van der Waals surface area (Å²) in [5.74, 6) is 0. The number of nitrogens with one attached hydrogen (secondary N) is 1. The van der Waals surface area contributed by atoms with Crippen molar-refractivity contribution in [3.63, 3.8) is 0 Å². The van der Waals surface area contributed by atoms with E-state index in [1.54, 1.807) is 0 Å². The van der Waals surface area contributed by atoms with E-state index in [9.17, 15) is 8.42 Å². The van der Waals surface area contributed by atoms with Crippen molar-refractivity contribution in [3.8, 4) is 0 Å². The van der Waals surface area contributed by atoms with Crippen molar-refractivity contribution in [1.29, 1.82) is 0 Å². The molecule has 0 spiro atoms. The molecule has 2 atom stereocenters. The first-order valence-electron chi connectivity index (χ1n) is 7.38. The lowest BCUT2D eigenvalue weighted by Gasteiger charge is -2.28. The van der Waals surface area contributed by atoms with Gasteiger partial charge in [0.05, 0.1) is 5.25 Å². The van der Waals surface area contributed by atoms with E-state index in [-0.39, 0.29) is 0 Å². The van der Waals surface area contributed by atoms with Gasteiger partial charge in [-0.15, -0.1) is 0 Å². The zero-order valence-electron chi connectivity index (χ0n) is 11.6. The van der Waals surface area contributed by atoms with Gasteiger partial charge in [-0.05, 0) is 55.2 Å². The number of sulfonamides is 1. The average molecular weight is 294 g/mol. The third kappa shape index (κ3) is 3.05. The highest BCUT2D eigenvalue weighted by molar-refractivity contribution is 7.89. The molecule has 1 fully saturated rings. The van der Waals surface area contributed by atoms with Crippen molar-refractivity contribution in [1.82, 2.24) is 5.32 Å². The van der Waals surface area contributed by atoms with E-state index >= 15 is 0 Å². The predicted molar refractivity (Wildman–Crippen MR) is 80.1 cm³/mol. The van der Waals surface area contributed by atoms with Gasteiger partial charge in [0.25, 0.3) is 0 Å². The Hall–Kier alpha value is -0.910. The minimum Gasteiger partial charge on any atom is -0.312 e. The van der Waals surface area contributed by atoms with Crippen LogP contribution in [-0.2, 0) is 29.3 Å². The molecule has 0 radical (unpaired) electrons. The van der Waals surface area contributed by atoms with Gasteiger partial charge in [0, 0.05) is 12.6 Å². The van der Waals surface area contributed by atoms with Crippen molar-refractivity contribution in [2.75, 3.05) is 6.54 Å². The molecule has 1 aromatic rings. The normalized spacial score (nSPS) is 26.4. The zero-order valence-corrected chi connectivity index (χ0v) is 12.5. The predicted octanol–water partition coefficient (Wildman–Crippen LogP) is 1.13. The van der Waals surface area contributed by atoms with Crippen molar-refractivity contribution >= 4 is 10.0 Å². The van der Waals surface area contributed by atoms with Gasteiger partial charge in [0.2, 0.25) is 10.0 Å². The first-order valence-corrected chi connectivity index (χ1v) is 8.99. The fourth-order valence-electron chi connectivity index (χ4n) is 3.38. The third-order valence-corrected chi connectivity index (χ3v) is 5.91. The number of rotatable bonds is 3. The second-order valence-corrected chi connectivity index (χ2v) is 7.90. The second kappa shape index (κ2) is 5.47. The first kappa shape index (κ1) is 14.0. The summed E-state index contributed by atoms with van der Waals surface area (Å²) in [6.07, 6.45) is 6.21. The Morgan fingerprint density at radius 3 is 2.70 bits per heavy atom. The van der Waals surface area contributed by atoms with E-state index in [0.717, 1.165) is 12.8 Å². The Labute approximate surface area is 120 Å². The van der Waals surface area contributed by atoms with E-state index in [0.29, 0.717) is 19.0 Å². The highest BCUT2D eigenvalue weighted by Crippen LogP contribution is 2.24. The summed E-state index contributed by atoms with van der Waals surface area (Å²) in [6.45, 7) is 0.481. The number of aryl methyl sites for hydroxylation is 2. The number of piperidine rings is 1. The Morgan fingerprint density at radius 2 is 2.00 bits per heavy atom. The summed E-state index contributed by atoms with van der Waals surface area (Å²) >= 11 is 0. The van der Waals surface area contributed by atoms with Crippen LogP contribution in [0, 0.1) is 0 Å². The monoisotopic (exact) mass is 294 g/mol. The molecular formula is C15H22N2O2S. The summed E-state index contributed by atoms with van der Waals surface area (Å²) in [7, 11) is -3.39. The molecule has 2 aliphatic rings. The molecule has 20 heavy (non-hydrogen) atoms. The van der Waals surface area contributed by atoms with Crippen molar-refractivity contribution in [3.05, 3.63) is 34.9 Å². The molecule has 0 aromatic heterocycles. The molecule has 1 aromatic carbocycles. The van der Waals surface area contributed by atoms with E-state index in [2.05, 4.69) is 23.5 Å². The van der Waals surface area contributed by atoms with Crippen LogP contribution in [0.5, 0.6) is 0 Å². The summed E-state index contributed by atoms with van der Waals surface area (Å²) < 4.78 is 22.6. The van der Waals surface area contributed by atoms with Crippen LogP contribution in [0.3, 0.4) is 0 Å². The molecule has 3 rings (SSSR count). The quantitative estimate of drug-likeness (QED) is 0.877. The van der Waals surface area contributed by atoms with Crippen LogP contribution < -0.4 is 10.5 Å². The van der Waals surface area contributed by atoms with Crippen molar-refractivity contribution < 1.29 is 8.42 Å². The average Bonchev–Trinajstić information content (AvgIpc) is 2.86. The van der Waals surface area contributed by atoms with Gasteiger partial charge in [0.15, 0.2) is 0 Å². The fourth-order valence-corrected chi connectivity index (χ4v) is 4.17. The summed E-state index contributed by atoms with van der Waals surface area (Å²) in [5.41, 5.74) is 4.36. The fraction of sp³-hybridized carbons (Fsp3) is 0.600. The van der Waals surface area contributed by atoms with Crippen LogP contribution in [0.2, 0.25) is 0 Å².